The summed E-state index contributed by atoms with van der Waals surface area (Å²) in [5.41, 5.74) is 5.77. The standard InChI is InChI=1S/C14H24N2OS/c1-9(2)11(10-7-6-8-18-10)16-13(17)12(15)14(3,4)5/h6-9,11-12H,15H2,1-5H3,(H,16,17). The van der Waals surface area contributed by atoms with Crippen LogP contribution in [0.1, 0.15) is 45.5 Å². The van der Waals surface area contributed by atoms with E-state index in [1.165, 1.54) is 4.88 Å². The molecular weight excluding hydrogens is 244 g/mol. The Labute approximate surface area is 114 Å². The molecule has 0 radical (unpaired) electrons. The molecule has 102 valence electrons. The van der Waals surface area contributed by atoms with Crippen LogP contribution >= 0.6 is 11.3 Å². The molecule has 18 heavy (non-hydrogen) atoms. The van der Waals surface area contributed by atoms with Gasteiger partial charge in [0.2, 0.25) is 5.91 Å². The van der Waals surface area contributed by atoms with Gasteiger partial charge in [-0.1, -0.05) is 40.7 Å². The van der Waals surface area contributed by atoms with Crippen molar-refractivity contribution in [3.8, 4) is 0 Å². The highest BCUT2D eigenvalue weighted by atomic mass is 32.1. The Balaban J connectivity index is 2.77. The van der Waals surface area contributed by atoms with Gasteiger partial charge in [-0.25, -0.2) is 0 Å². The molecule has 0 bridgehead atoms. The summed E-state index contributed by atoms with van der Waals surface area (Å²) in [6.45, 7) is 10.1. The molecule has 2 unspecified atom stereocenters. The second-order valence-corrected chi connectivity index (χ2v) is 7.07. The third-order valence-corrected chi connectivity index (χ3v) is 3.99. The minimum atomic E-state index is -0.487. The van der Waals surface area contributed by atoms with Crippen molar-refractivity contribution in [2.24, 2.45) is 17.1 Å². The summed E-state index contributed by atoms with van der Waals surface area (Å²) in [6.07, 6.45) is 0. The predicted molar refractivity (Wildman–Crippen MR) is 77.5 cm³/mol. The Hall–Kier alpha value is -0.870. The van der Waals surface area contributed by atoms with Gasteiger partial charge in [-0.05, 0) is 22.8 Å². The molecule has 0 saturated carbocycles. The zero-order chi connectivity index (χ0) is 13.9. The first-order valence-electron chi connectivity index (χ1n) is 6.33. The number of rotatable bonds is 4. The van der Waals surface area contributed by atoms with Crippen LogP contribution in [0.15, 0.2) is 17.5 Å². The van der Waals surface area contributed by atoms with E-state index in [0.29, 0.717) is 5.92 Å². The summed E-state index contributed by atoms with van der Waals surface area (Å²) in [5.74, 6) is 0.273. The maximum absolute atomic E-state index is 12.2. The lowest BCUT2D eigenvalue weighted by Crippen LogP contribution is -2.50. The Kier molecular flexibility index (Phi) is 4.93. The van der Waals surface area contributed by atoms with Gasteiger partial charge in [-0.3, -0.25) is 4.79 Å². The molecule has 3 N–H and O–H groups in total. The van der Waals surface area contributed by atoms with Crippen LogP contribution in [0, 0.1) is 11.3 Å². The van der Waals surface area contributed by atoms with E-state index in [1.807, 2.05) is 32.2 Å². The van der Waals surface area contributed by atoms with E-state index in [0.717, 1.165) is 0 Å². The average Bonchev–Trinajstić information content (AvgIpc) is 2.75. The van der Waals surface area contributed by atoms with Gasteiger partial charge in [0.25, 0.3) is 0 Å². The van der Waals surface area contributed by atoms with Crippen LogP contribution in [0.2, 0.25) is 0 Å². The van der Waals surface area contributed by atoms with Crippen LogP contribution < -0.4 is 11.1 Å². The van der Waals surface area contributed by atoms with Crippen LogP contribution in [0.3, 0.4) is 0 Å². The van der Waals surface area contributed by atoms with Crippen molar-refractivity contribution in [3.05, 3.63) is 22.4 Å². The molecule has 0 aromatic carbocycles. The fourth-order valence-electron chi connectivity index (χ4n) is 1.67. The van der Waals surface area contributed by atoms with Gasteiger partial charge >= 0.3 is 0 Å². The molecule has 0 aliphatic rings. The lowest BCUT2D eigenvalue weighted by Gasteiger charge is -2.29. The number of nitrogens with one attached hydrogen (secondary N) is 1. The molecule has 1 rings (SSSR count). The number of thiophene rings is 1. The second kappa shape index (κ2) is 5.85. The minimum absolute atomic E-state index is 0.0471. The summed E-state index contributed by atoms with van der Waals surface area (Å²) in [6, 6.07) is 3.62. The van der Waals surface area contributed by atoms with Crippen molar-refractivity contribution in [3.63, 3.8) is 0 Å². The molecule has 1 heterocycles. The van der Waals surface area contributed by atoms with Crippen LogP contribution in [0.25, 0.3) is 0 Å². The summed E-state index contributed by atoms with van der Waals surface area (Å²) in [7, 11) is 0. The van der Waals surface area contributed by atoms with Gasteiger partial charge in [-0.2, -0.15) is 0 Å². The Bertz CT molecular complexity index is 379. The molecule has 1 aromatic heterocycles. The van der Waals surface area contributed by atoms with Crippen LogP contribution in [0.4, 0.5) is 0 Å². The average molecular weight is 268 g/mol. The van der Waals surface area contributed by atoms with Crippen molar-refractivity contribution >= 4 is 17.2 Å². The van der Waals surface area contributed by atoms with Gasteiger partial charge in [0.1, 0.15) is 0 Å². The zero-order valence-corrected chi connectivity index (χ0v) is 12.7. The fourth-order valence-corrected chi connectivity index (χ4v) is 2.62. The highest BCUT2D eigenvalue weighted by Crippen LogP contribution is 2.26. The SMILES string of the molecule is CC(C)C(NC(=O)C(N)C(C)(C)C)c1cccs1. The lowest BCUT2D eigenvalue weighted by atomic mass is 9.86. The normalized spacial score (nSPS) is 15.5. The number of hydrogen-bond acceptors (Lipinski definition) is 3. The first-order chi connectivity index (χ1) is 8.23. The topological polar surface area (TPSA) is 55.1 Å². The predicted octanol–water partition coefficient (Wildman–Crippen LogP) is 2.93. The maximum atomic E-state index is 12.2. The number of nitrogens with two attached hydrogens (primary N) is 1. The first kappa shape index (κ1) is 15.2. The summed E-state index contributed by atoms with van der Waals surface area (Å²) in [5, 5.41) is 5.10. The van der Waals surface area contributed by atoms with Crippen molar-refractivity contribution in [2.45, 2.75) is 46.7 Å². The molecule has 0 aliphatic heterocycles. The number of amides is 1. The molecular formula is C14H24N2OS. The van der Waals surface area contributed by atoms with Crippen LogP contribution in [-0.4, -0.2) is 11.9 Å². The van der Waals surface area contributed by atoms with E-state index in [2.05, 4.69) is 25.2 Å². The second-order valence-electron chi connectivity index (χ2n) is 6.09. The molecule has 0 spiro atoms. The third kappa shape index (κ3) is 3.82. The Morgan fingerprint density at radius 3 is 2.39 bits per heavy atom. The summed E-state index contributed by atoms with van der Waals surface area (Å²) >= 11 is 1.67. The van der Waals surface area contributed by atoms with Crippen LogP contribution in [-0.2, 0) is 4.79 Å². The van der Waals surface area contributed by atoms with E-state index in [-0.39, 0.29) is 17.4 Å². The monoisotopic (exact) mass is 268 g/mol. The number of carbonyl (C=O) groups excluding carboxylic acids is 1. The lowest BCUT2D eigenvalue weighted by molar-refractivity contribution is -0.125. The summed E-state index contributed by atoms with van der Waals surface area (Å²) in [4.78, 5) is 13.3. The van der Waals surface area contributed by atoms with Gasteiger partial charge in [0, 0.05) is 4.88 Å². The quantitative estimate of drug-likeness (QED) is 0.882. The van der Waals surface area contributed by atoms with Crippen molar-refractivity contribution in [1.29, 1.82) is 0 Å². The zero-order valence-electron chi connectivity index (χ0n) is 11.9. The van der Waals surface area contributed by atoms with Crippen molar-refractivity contribution < 1.29 is 4.79 Å². The van der Waals surface area contributed by atoms with E-state index in [9.17, 15) is 4.79 Å². The third-order valence-electron chi connectivity index (χ3n) is 3.03. The van der Waals surface area contributed by atoms with E-state index in [1.54, 1.807) is 11.3 Å². The van der Waals surface area contributed by atoms with Crippen LogP contribution in [0.5, 0.6) is 0 Å². The van der Waals surface area contributed by atoms with Crippen molar-refractivity contribution in [2.75, 3.05) is 0 Å². The summed E-state index contributed by atoms with van der Waals surface area (Å²) < 4.78 is 0. The fraction of sp³-hybridized carbons (Fsp3) is 0.643. The van der Waals surface area contributed by atoms with Gasteiger partial charge in [-0.15, -0.1) is 11.3 Å². The molecule has 0 fully saturated rings. The number of hydrogen-bond donors (Lipinski definition) is 2. The van der Waals surface area contributed by atoms with E-state index in [4.69, 9.17) is 5.73 Å². The molecule has 1 aromatic rings. The van der Waals surface area contributed by atoms with Crippen molar-refractivity contribution in [1.82, 2.24) is 5.32 Å². The maximum Gasteiger partial charge on any atom is 0.237 e. The largest absolute Gasteiger partial charge is 0.347 e. The first-order valence-corrected chi connectivity index (χ1v) is 7.21. The molecule has 2 atom stereocenters. The van der Waals surface area contributed by atoms with Gasteiger partial charge < -0.3 is 11.1 Å². The highest BCUT2D eigenvalue weighted by molar-refractivity contribution is 7.10. The minimum Gasteiger partial charge on any atom is -0.347 e. The molecule has 3 nitrogen and oxygen atoms in total. The molecule has 1 amide bonds. The van der Waals surface area contributed by atoms with E-state index >= 15 is 0 Å². The molecule has 0 saturated heterocycles. The highest BCUT2D eigenvalue weighted by Gasteiger charge is 2.30. The number of carbonyl (C=O) groups is 1. The smallest absolute Gasteiger partial charge is 0.237 e. The molecule has 4 heteroatoms. The van der Waals surface area contributed by atoms with Gasteiger partial charge in [0.15, 0.2) is 0 Å². The Morgan fingerprint density at radius 2 is 2.00 bits per heavy atom. The van der Waals surface area contributed by atoms with Gasteiger partial charge in [0.05, 0.1) is 12.1 Å². The Morgan fingerprint density at radius 1 is 1.39 bits per heavy atom. The molecule has 0 aliphatic carbocycles. The van der Waals surface area contributed by atoms with E-state index < -0.39 is 6.04 Å².